The molecular formula is C22H30FN5O2. The molecule has 1 aromatic heterocycles. The van der Waals surface area contributed by atoms with Gasteiger partial charge < -0.3 is 20.3 Å². The van der Waals surface area contributed by atoms with Gasteiger partial charge in [0.05, 0.1) is 24.3 Å². The number of nitrogens with one attached hydrogen (secondary N) is 2. The number of anilines is 1. The first kappa shape index (κ1) is 21.0. The Morgan fingerprint density at radius 3 is 2.57 bits per heavy atom. The first-order valence-electron chi connectivity index (χ1n) is 10.8. The quantitative estimate of drug-likeness (QED) is 0.687. The monoisotopic (exact) mass is 415 g/mol. The van der Waals surface area contributed by atoms with E-state index in [0.717, 1.165) is 59.0 Å². The maximum atomic E-state index is 13.8. The van der Waals surface area contributed by atoms with Gasteiger partial charge >= 0.3 is 0 Å². The van der Waals surface area contributed by atoms with E-state index in [-0.39, 0.29) is 11.7 Å². The summed E-state index contributed by atoms with van der Waals surface area (Å²) in [5.41, 5.74) is 1.06. The Bertz CT molecular complexity index is 866. The predicted molar refractivity (Wildman–Crippen MR) is 115 cm³/mol. The van der Waals surface area contributed by atoms with Crippen LogP contribution in [0.1, 0.15) is 23.2 Å². The maximum absolute atomic E-state index is 13.8. The average Bonchev–Trinajstić information content (AvgIpc) is 3.27. The molecule has 8 heteroatoms. The molecule has 0 spiro atoms. The largest absolute Gasteiger partial charge is 0.379 e. The standard InChI is InChI=1S/C22H30FN5O2/c23-17-3-4-20-18(15-17)19(22(29)25-6-10-27-7-1-2-8-27)16-21(26-20)24-5-9-28-11-13-30-14-12-28/h3-4,15-16H,1-2,5-14H2,(H,24,26)(H,25,29). The number of rotatable bonds is 8. The van der Waals surface area contributed by atoms with Gasteiger partial charge in [-0.15, -0.1) is 0 Å². The van der Waals surface area contributed by atoms with Gasteiger partial charge in [0.15, 0.2) is 0 Å². The number of amides is 1. The van der Waals surface area contributed by atoms with Crippen LogP contribution >= 0.6 is 0 Å². The summed E-state index contributed by atoms with van der Waals surface area (Å²) in [6, 6.07) is 6.11. The Kier molecular flexibility index (Phi) is 7.09. The molecule has 3 heterocycles. The third-order valence-corrected chi connectivity index (χ3v) is 5.77. The molecule has 30 heavy (non-hydrogen) atoms. The highest BCUT2D eigenvalue weighted by atomic mass is 19.1. The molecule has 2 aromatic rings. The highest BCUT2D eigenvalue weighted by Crippen LogP contribution is 2.22. The van der Waals surface area contributed by atoms with E-state index in [1.165, 1.54) is 25.0 Å². The minimum atomic E-state index is -0.372. The SMILES string of the molecule is O=C(NCCN1CCCC1)c1cc(NCCN2CCOCC2)nc2ccc(F)cc12. The molecule has 2 saturated heterocycles. The van der Waals surface area contributed by atoms with Crippen LogP contribution in [-0.2, 0) is 4.74 Å². The fourth-order valence-electron chi connectivity index (χ4n) is 4.07. The number of aromatic nitrogens is 1. The number of halogens is 1. The average molecular weight is 416 g/mol. The summed E-state index contributed by atoms with van der Waals surface area (Å²) in [5.74, 6) is 0.0685. The third-order valence-electron chi connectivity index (χ3n) is 5.77. The highest BCUT2D eigenvalue weighted by Gasteiger charge is 2.16. The lowest BCUT2D eigenvalue weighted by Crippen LogP contribution is -2.39. The normalized spacial score (nSPS) is 18.0. The van der Waals surface area contributed by atoms with Crippen molar-refractivity contribution in [1.29, 1.82) is 0 Å². The highest BCUT2D eigenvalue weighted by molar-refractivity contribution is 6.07. The van der Waals surface area contributed by atoms with Crippen LogP contribution in [0.15, 0.2) is 24.3 Å². The number of morpholine rings is 1. The van der Waals surface area contributed by atoms with E-state index in [9.17, 15) is 9.18 Å². The molecule has 7 nitrogen and oxygen atoms in total. The number of nitrogens with zero attached hydrogens (tertiary/aromatic N) is 3. The Balaban J connectivity index is 1.43. The lowest BCUT2D eigenvalue weighted by atomic mass is 10.1. The van der Waals surface area contributed by atoms with E-state index in [0.29, 0.717) is 28.8 Å². The maximum Gasteiger partial charge on any atom is 0.252 e. The number of carbonyl (C=O) groups excluding carboxylic acids is 1. The molecule has 1 amide bonds. The second kappa shape index (κ2) is 10.1. The molecule has 1 aromatic carbocycles. The van der Waals surface area contributed by atoms with Gasteiger partial charge in [-0.25, -0.2) is 9.37 Å². The van der Waals surface area contributed by atoms with Crippen molar-refractivity contribution < 1.29 is 13.9 Å². The molecule has 162 valence electrons. The van der Waals surface area contributed by atoms with Gasteiger partial charge in [-0.1, -0.05) is 0 Å². The zero-order valence-electron chi connectivity index (χ0n) is 17.3. The van der Waals surface area contributed by atoms with Crippen molar-refractivity contribution in [3.8, 4) is 0 Å². The zero-order chi connectivity index (χ0) is 20.8. The van der Waals surface area contributed by atoms with Gasteiger partial charge in [-0.3, -0.25) is 9.69 Å². The van der Waals surface area contributed by atoms with E-state index in [2.05, 4.69) is 25.4 Å². The van der Waals surface area contributed by atoms with Gasteiger partial charge in [0, 0.05) is 44.7 Å². The molecule has 0 radical (unpaired) electrons. The van der Waals surface area contributed by atoms with Crippen LogP contribution in [0.2, 0.25) is 0 Å². The second-order valence-corrected chi connectivity index (χ2v) is 7.90. The van der Waals surface area contributed by atoms with Crippen molar-refractivity contribution in [2.45, 2.75) is 12.8 Å². The van der Waals surface area contributed by atoms with Gasteiger partial charge in [-0.2, -0.15) is 0 Å². The summed E-state index contributed by atoms with van der Waals surface area (Å²) >= 11 is 0. The van der Waals surface area contributed by atoms with E-state index < -0.39 is 0 Å². The zero-order valence-corrected chi connectivity index (χ0v) is 17.3. The number of hydrogen-bond acceptors (Lipinski definition) is 6. The number of benzene rings is 1. The Morgan fingerprint density at radius 1 is 1.03 bits per heavy atom. The van der Waals surface area contributed by atoms with Gasteiger partial charge in [0.25, 0.3) is 5.91 Å². The minimum absolute atomic E-state index is 0.191. The molecule has 0 atom stereocenters. The first-order valence-corrected chi connectivity index (χ1v) is 10.8. The van der Waals surface area contributed by atoms with E-state index in [1.54, 1.807) is 12.1 Å². The van der Waals surface area contributed by atoms with Crippen LogP contribution in [0.5, 0.6) is 0 Å². The predicted octanol–water partition coefficient (Wildman–Crippen LogP) is 1.94. The van der Waals surface area contributed by atoms with E-state index >= 15 is 0 Å². The van der Waals surface area contributed by atoms with Crippen LogP contribution in [0.25, 0.3) is 10.9 Å². The topological polar surface area (TPSA) is 69.7 Å². The number of ether oxygens (including phenoxy) is 1. The minimum Gasteiger partial charge on any atom is -0.379 e. The summed E-state index contributed by atoms with van der Waals surface area (Å²) in [6.45, 7) is 8.59. The number of fused-ring (bicyclic) bond motifs is 1. The van der Waals surface area contributed by atoms with Crippen molar-refractivity contribution in [1.82, 2.24) is 20.1 Å². The molecule has 2 fully saturated rings. The summed E-state index contributed by atoms with van der Waals surface area (Å²) < 4.78 is 19.2. The van der Waals surface area contributed by atoms with Crippen LogP contribution in [0, 0.1) is 5.82 Å². The molecule has 0 bridgehead atoms. The van der Waals surface area contributed by atoms with E-state index in [1.807, 2.05) is 0 Å². The van der Waals surface area contributed by atoms with Crippen LogP contribution in [0.3, 0.4) is 0 Å². The smallest absolute Gasteiger partial charge is 0.252 e. The molecule has 0 unspecified atom stereocenters. The molecule has 2 aliphatic heterocycles. The Hall–Kier alpha value is -2.29. The summed E-state index contributed by atoms with van der Waals surface area (Å²) in [5, 5.41) is 6.85. The van der Waals surface area contributed by atoms with E-state index in [4.69, 9.17) is 4.74 Å². The molecule has 2 aliphatic rings. The van der Waals surface area contributed by atoms with Crippen LogP contribution in [-0.4, -0.2) is 86.3 Å². The fraction of sp³-hybridized carbons (Fsp3) is 0.545. The third kappa shape index (κ3) is 5.44. The summed E-state index contributed by atoms with van der Waals surface area (Å²) in [7, 11) is 0. The molecule has 0 aliphatic carbocycles. The lowest BCUT2D eigenvalue weighted by molar-refractivity contribution is 0.0398. The Labute approximate surface area is 176 Å². The lowest BCUT2D eigenvalue weighted by Gasteiger charge is -2.26. The van der Waals surface area contributed by atoms with Crippen molar-refractivity contribution in [2.24, 2.45) is 0 Å². The Morgan fingerprint density at radius 2 is 1.77 bits per heavy atom. The van der Waals surface area contributed by atoms with Crippen LogP contribution < -0.4 is 10.6 Å². The molecule has 2 N–H and O–H groups in total. The van der Waals surface area contributed by atoms with Crippen molar-refractivity contribution in [2.75, 3.05) is 70.9 Å². The van der Waals surface area contributed by atoms with Crippen molar-refractivity contribution in [3.63, 3.8) is 0 Å². The van der Waals surface area contributed by atoms with Gasteiger partial charge in [0.2, 0.25) is 0 Å². The number of carbonyl (C=O) groups is 1. The molecular weight excluding hydrogens is 385 g/mol. The number of pyridine rings is 1. The second-order valence-electron chi connectivity index (χ2n) is 7.90. The number of hydrogen-bond donors (Lipinski definition) is 2. The molecule has 0 saturated carbocycles. The van der Waals surface area contributed by atoms with Crippen molar-refractivity contribution in [3.05, 3.63) is 35.6 Å². The summed E-state index contributed by atoms with van der Waals surface area (Å²) in [4.78, 5) is 22.1. The molecule has 4 rings (SSSR count). The van der Waals surface area contributed by atoms with Gasteiger partial charge in [-0.05, 0) is 50.2 Å². The van der Waals surface area contributed by atoms with Crippen molar-refractivity contribution >= 4 is 22.6 Å². The van der Waals surface area contributed by atoms with Gasteiger partial charge in [0.1, 0.15) is 11.6 Å². The first-order chi connectivity index (χ1) is 14.7. The fourth-order valence-corrected chi connectivity index (χ4v) is 4.07. The number of likely N-dealkylation sites (tertiary alicyclic amines) is 1. The van der Waals surface area contributed by atoms with Crippen LogP contribution in [0.4, 0.5) is 10.2 Å². The summed E-state index contributed by atoms with van der Waals surface area (Å²) in [6.07, 6.45) is 2.45.